The van der Waals surface area contributed by atoms with Crippen LogP contribution < -0.4 is 5.32 Å². The summed E-state index contributed by atoms with van der Waals surface area (Å²) in [6.45, 7) is 2.23. The second kappa shape index (κ2) is 5.75. The third kappa shape index (κ3) is 2.87. The van der Waals surface area contributed by atoms with Crippen LogP contribution in [0.1, 0.15) is 16.8 Å². The van der Waals surface area contributed by atoms with Gasteiger partial charge in [-0.05, 0) is 18.6 Å². The van der Waals surface area contributed by atoms with Crippen LogP contribution in [0.5, 0.6) is 0 Å². The molecule has 0 aromatic carbocycles. The Labute approximate surface area is 115 Å². The van der Waals surface area contributed by atoms with E-state index in [0.29, 0.717) is 6.54 Å². The molecule has 0 aliphatic heterocycles. The quantitative estimate of drug-likeness (QED) is 0.673. The number of nitrogens with zero attached hydrogens (tertiary/aromatic N) is 4. The summed E-state index contributed by atoms with van der Waals surface area (Å²) in [5.74, 6) is 0.124. The summed E-state index contributed by atoms with van der Waals surface area (Å²) in [5.41, 5.74) is 1.69. The first-order valence-corrected chi connectivity index (χ1v) is 5.80. The molecule has 0 fully saturated rings. The zero-order chi connectivity index (χ0) is 14.5. The fourth-order valence-electron chi connectivity index (χ4n) is 1.66. The Hall–Kier alpha value is -3.01. The van der Waals surface area contributed by atoms with Crippen molar-refractivity contribution in [3.8, 4) is 6.07 Å². The third-order valence-electron chi connectivity index (χ3n) is 2.73. The van der Waals surface area contributed by atoms with E-state index in [1.54, 1.807) is 6.20 Å². The van der Waals surface area contributed by atoms with Gasteiger partial charge in [0, 0.05) is 18.5 Å². The molecule has 0 saturated heterocycles. The second-order valence-electron chi connectivity index (χ2n) is 4.08. The summed E-state index contributed by atoms with van der Waals surface area (Å²) < 4.78 is 0. The van der Waals surface area contributed by atoms with Gasteiger partial charge in [-0.3, -0.25) is 15.1 Å². The number of anilines is 1. The molecule has 0 aliphatic rings. The van der Waals surface area contributed by atoms with E-state index in [2.05, 4.69) is 15.3 Å². The number of hydrogen-bond donors (Lipinski definition) is 1. The van der Waals surface area contributed by atoms with Crippen LogP contribution in [0.2, 0.25) is 0 Å². The molecule has 2 aromatic rings. The van der Waals surface area contributed by atoms with Crippen molar-refractivity contribution in [2.75, 3.05) is 5.32 Å². The molecule has 7 nitrogen and oxygen atoms in total. The van der Waals surface area contributed by atoms with Crippen LogP contribution in [0.4, 0.5) is 11.5 Å². The summed E-state index contributed by atoms with van der Waals surface area (Å²) in [6, 6.07) is 6.75. The van der Waals surface area contributed by atoms with Crippen molar-refractivity contribution in [1.82, 2.24) is 9.97 Å². The van der Waals surface area contributed by atoms with Crippen molar-refractivity contribution in [3.05, 3.63) is 57.5 Å². The van der Waals surface area contributed by atoms with Crippen LogP contribution in [-0.2, 0) is 6.54 Å². The van der Waals surface area contributed by atoms with Crippen molar-refractivity contribution in [1.29, 1.82) is 5.26 Å². The minimum absolute atomic E-state index is 0.124. The molecule has 2 rings (SSSR count). The van der Waals surface area contributed by atoms with Gasteiger partial charge in [0.2, 0.25) is 5.82 Å². The molecule has 20 heavy (non-hydrogen) atoms. The monoisotopic (exact) mass is 269 g/mol. The number of nitrogens with one attached hydrogen (secondary N) is 1. The average molecular weight is 269 g/mol. The molecule has 2 aromatic heterocycles. The first-order chi connectivity index (χ1) is 9.61. The van der Waals surface area contributed by atoms with E-state index < -0.39 is 4.92 Å². The standard InChI is InChI=1S/C13H11N5O2/c1-9-3-2-4-15-11(9)8-17-13-12(18(19)20)5-10(6-14)7-16-13/h2-5,7H,8H2,1H3,(H,16,17). The van der Waals surface area contributed by atoms with Gasteiger partial charge >= 0.3 is 5.69 Å². The van der Waals surface area contributed by atoms with Gasteiger partial charge in [0.1, 0.15) is 6.07 Å². The largest absolute Gasteiger partial charge is 0.359 e. The highest BCUT2D eigenvalue weighted by molar-refractivity contribution is 5.58. The van der Waals surface area contributed by atoms with E-state index in [-0.39, 0.29) is 17.1 Å². The maximum absolute atomic E-state index is 11.0. The topological polar surface area (TPSA) is 105 Å². The Kier molecular flexibility index (Phi) is 3.86. The van der Waals surface area contributed by atoms with Crippen LogP contribution >= 0.6 is 0 Å². The molecule has 1 N–H and O–H groups in total. The number of aromatic nitrogens is 2. The Morgan fingerprint density at radius 3 is 2.95 bits per heavy atom. The highest BCUT2D eigenvalue weighted by atomic mass is 16.6. The molecule has 0 amide bonds. The number of aryl methyl sites for hydroxylation is 1. The number of rotatable bonds is 4. The summed E-state index contributed by atoms with van der Waals surface area (Å²) in [6.07, 6.45) is 2.95. The second-order valence-corrected chi connectivity index (χ2v) is 4.08. The lowest BCUT2D eigenvalue weighted by molar-refractivity contribution is -0.384. The van der Waals surface area contributed by atoms with Gasteiger partial charge in [0.15, 0.2) is 0 Å². The normalized spacial score (nSPS) is 9.80. The molecule has 0 bridgehead atoms. The fourth-order valence-corrected chi connectivity index (χ4v) is 1.66. The zero-order valence-electron chi connectivity index (χ0n) is 10.7. The van der Waals surface area contributed by atoms with Crippen molar-refractivity contribution in [2.24, 2.45) is 0 Å². The lowest BCUT2D eigenvalue weighted by atomic mass is 10.2. The van der Waals surface area contributed by atoms with Crippen LogP contribution in [-0.4, -0.2) is 14.9 Å². The summed E-state index contributed by atoms with van der Waals surface area (Å²) in [7, 11) is 0. The Balaban J connectivity index is 2.24. The maximum Gasteiger partial charge on any atom is 0.312 e. The van der Waals surface area contributed by atoms with E-state index in [1.807, 2.05) is 25.1 Å². The number of hydrogen-bond acceptors (Lipinski definition) is 6. The van der Waals surface area contributed by atoms with E-state index in [9.17, 15) is 10.1 Å². The lowest BCUT2D eigenvalue weighted by Crippen LogP contribution is -2.07. The van der Waals surface area contributed by atoms with Crippen molar-refractivity contribution in [2.45, 2.75) is 13.5 Å². The molecule has 0 spiro atoms. The Morgan fingerprint density at radius 2 is 2.30 bits per heavy atom. The predicted octanol–water partition coefficient (Wildman–Crippen LogP) is 2.18. The van der Waals surface area contributed by atoms with Crippen molar-refractivity contribution < 1.29 is 4.92 Å². The van der Waals surface area contributed by atoms with E-state index in [1.165, 1.54) is 12.3 Å². The zero-order valence-corrected chi connectivity index (χ0v) is 10.7. The molecule has 0 radical (unpaired) electrons. The highest BCUT2D eigenvalue weighted by Crippen LogP contribution is 2.23. The molecule has 100 valence electrons. The summed E-state index contributed by atoms with van der Waals surface area (Å²) in [5, 5.41) is 22.6. The van der Waals surface area contributed by atoms with Gasteiger partial charge in [-0.25, -0.2) is 4.98 Å². The van der Waals surface area contributed by atoms with Crippen molar-refractivity contribution >= 4 is 11.5 Å². The molecule has 0 saturated carbocycles. The molecule has 7 heteroatoms. The van der Waals surface area contributed by atoms with Gasteiger partial charge in [0.05, 0.1) is 22.7 Å². The first-order valence-electron chi connectivity index (χ1n) is 5.80. The molecule has 0 aliphatic carbocycles. The predicted molar refractivity (Wildman–Crippen MR) is 71.9 cm³/mol. The van der Waals surface area contributed by atoms with Gasteiger partial charge in [-0.15, -0.1) is 0 Å². The smallest absolute Gasteiger partial charge is 0.312 e. The Bertz CT molecular complexity index is 693. The first kappa shape index (κ1) is 13.4. The van der Waals surface area contributed by atoms with E-state index >= 15 is 0 Å². The highest BCUT2D eigenvalue weighted by Gasteiger charge is 2.16. The number of pyridine rings is 2. The number of nitriles is 1. The van der Waals surface area contributed by atoms with Crippen LogP contribution in [0.15, 0.2) is 30.6 Å². The maximum atomic E-state index is 11.0. The van der Waals surface area contributed by atoms with Crippen LogP contribution in [0.3, 0.4) is 0 Å². The van der Waals surface area contributed by atoms with Crippen LogP contribution in [0.25, 0.3) is 0 Å². The average Bonchev–Trinajstić information content (AvgIpc) is 2.46. The van der Waals surface area contributed by atoms with E-state index in [0.717, 1.165) is 11.3 Å². The van der Waals surface area contributed by atoms with Gasteiger partial charge in [-0.1, -0.05) is 6.07 Å². The van der Waals surface area contributed by atoms with Gasteiger partial charge in [0.25, 0.3) is 0 Å². The SMILES string of the molecule is Cc1cccnc1CNc1ncc(C#N)cc1[N+](=O)[O-]. The fraction of sp³-hybridized carbons (Fsp3) is 0.154. The van der Waals surface area contributed by atoms with E-state index in [4.69, 9.17) is 5.26 Å². The molecule has 0 atom stereocenters. The van der Waals surface area contributed by atoms with Crippen molar-refractivity contribution in [3.63, 3.8) is 0 Å². The third-order valence-corrected chi connectivity index (χ3v) is 2.73. The molecule has 2 heterocycles. The summed E-state index contributed by atoms with van der Waals surface area (Å²) >= 11 is 0. The lowest BCUT2D eigenvalue weighted by Gasteiger charge is -2.07. The molecular weight excluding hydrogens is 258 g/mol. The molecule has 0 unspecified atom stereocenters. The van der Waals surface area contributed by atoms with Gasteiger partial charge in [-0.2, -0.15) is 5.26 Å². The number of nitro groups is 1. The van der Waals surface area contributed by atoms with Crippen LogP contribution in [0, 0.1) is 28.4 Å². The van der Waals surface area contributed by atoms with Gasteiger partial charge < -0.3 is 5.32 Å². The minimum Gasteiger partial charge on any atom is -0.359 e. The summed E-state index contributed by atoms with van der Waals surface area (Å²) in [4.78, 5) is 18.5. The Morgan fingerprint density at radius 1 is 1.50 bits per heavy atom. The molecular formula is C13H11N5O2. The minimum atomic E-state index is -0.568.